The van der Waals surface area contributed by atoms with Gasteiger partial charge in [0.25, 0.3) is 0 Å². The second kappa shape index (κ2) is 4.35. The number of hydrogen-bond acceptors (Lipinski definition) is 3. The zero-order valence-electron chi connectivity index (χ0n) is 9.45. The first-order valence-electron chi connectivity index (χ1n) is 5.84. The summed E-state index contributed by atoms with van der Waals surface area (Å²) in [7, 11) is 0. The summed E-state index contributed by atoms with van der Waals surface area (Å²) >= 11 is 0. The normalized spacial score (nSPS) is 20.8. The predicted molar refractivity (Wildman–Crippen MR) is 65.2 cm³/mol. The van der Waals surface area contributed by atoms with Gasteiger partial charge in [0.1, 0.15) is 0 Å². The SMILES string of the molecule is O=c1[nH]c2ccc(CC3CNCCO3)cc2[nH]1. The van der Waals surface area contributed by atoms with E-state index in [0.717, 1.165) is 37.2 Å². The molecule has 0 bridgehead atoms. The third kappa shape index (κ3) is 2.25. The monoisotopic (exact) mass is 233 g/mol. The Morgan fingerprint density at radius 3 is 3.00 bits per heavy atom. The lowest BCUT2D eigenvalue weighted by Crippen LogP contribution is -2.39. The minimum atomic E-state index is -0.160. The molecule has 2 heterocycles. The van der Waals surface area contributed by atoms with Crippen LogP contribution in [0.4, 0.5) is 0 Å². The number of aromatic amines is 2. The molecular weight excluding hydrogens is 218 g/mol. The van der Waals surface area contributed by atoms with Gasteiger partial charge in [-0.15, -0.1) is 0 Å². The smallest absolute Gasteiger partial charge is 0.323 e. The van der Waals surface area contributed by atoms with E-state index < -0.39 is 0 Å². The second-order valence-corrected chi connectivity index (χ2v) is 4.36. The minimum Gasteiger partial charge on any atom is -0.375 e. The number of nitrogens with one attached hydrogen (secondary N) is 3. The van der Waals surface area contributed by atoms with E-state index in [2.05, 4.69) is 15.3 Å². The number of aromatic nitrogens is 2. The number of benzene rings is 1. The van der Waals surface area contributed by atoms with Crippen LogP contribution in [0.5, 0.6) is 0 Å². The average molecular weight is 233 g/mol. The Hall–Kier alpha value is -1.59. The van der Waals surface area contributed by atoms with E-state index in [0.29, 0.717) is 0 Å². The van der Waals surface area contributed by atoms with E-state index in [9.17, 15) is 4.79 Å². The summed E-state index contributed by atoms with van der Waals surface area (Å²) in [5.74, 6) is 0. The Balaban J connectivity index is 1.82. The summed E-state index contributed by atoms with van der Waals surface area (Å²) in [5.41, 5.74) is 2.73. The van der Waals surface area contributed by atoms with Gasteiger partial charge in [-0.05, 0) is 24.1 Å². The highest BCUT2D eigenvalue weighted by Crippen LogP contribution is 2.13. The van der Waals surface area contributed by atoms with Gasteiger partial charge >= 0.3 is 5.69 Å². The number of ether oxygens (including phenoxy) is 1. The van der Waals surface area contributed by atoms with Crippen molar-refractivity contribution in [1.29, 1.82) is 0 Å². The molecule has 0 saturated carbocycles. The van der Waals surface area contributed by atoms with Crippen LogP contribution in [-0.2, 0) is 11.2 Å². The fourth-order valence-electron chi connectivity index (χ4n) is 2.22. The van der Waals surface area contributed by atoms with Gasteiger partial charge in [0, 0.05) is 13.1 Å². The number of rotatable bonds is 2. The molecule has 0 amide bonds. The zero-order valence-corrected chi connectivity index (χ0v) is 9.45. The molecule has 17 heavy (non-hydrogen) atoms. The molecular formula is C12H15N3O2. The zero-order chi connectivity index (χ0) is 11.7. The van der Waals surface area contributed by atoms with Crippen molar-refractivity contribution in [2.24, 2.45) is 0 Å². The maximum atomic E-state index is 11.1. The number of H-pyrrole nitrogens is 2. The Morgan fingerprint density at radius 2 is 2.18 bits per heavy atom. The molecule has 1 aliphatic rings. The van der Waals surface area contributed by atoms with E-state index in [4.69, 9.17) is 4.74 Å². The van der Waals surface area contributed by atoms with Crippen molar-refractivity contribution in [3.63, 3.8) is 0 Å². The highest BCUT2D eigenvalue weighted by atomic mass is 16.5. The molecule has 1 unspecified atom stereocenters. The number of hydrogen-bond donors (Lipinski definition) is 3. The lowest BCUT2D eigenvalue weighted by molar-refractivity contribution is 0.0292. The van der Waals surface area contributed by atoms with E-state index in [1.807, 2.05) is 18.2 Å². The van der Waals surface area contributed by atoms with E-state index in [1.165, 1.54) is 5.56 Å². The van der Waals surface area contributed by atoms with Gasteiger partial charge < -0.3 is 20.0 Å². The Kier molecular flexibility index (Phi) is 2.70. The van der Waals surface area contributed by atoms with Crippen molar-refractivity contribution in [3.8, 4) is 0 Å². The molecule has 0 spiro atoms. The highest BCUT2D eigenvalue weighted by molar-refractivity contribution is 5.75. The fraction of sp³-hybridized carbons (Fsp3) is 0.417. The predicted octanol–water partition coefficient (Wildman–Crippen LogP) is 0.387. The molecule has 0 radical (unpaired) electrons. The number of morpholine rings is 1. The van der Waals surface area contributed by atoms with E-state index in [1.54, 1.807) is 0 Å². The van der Waals surface area contributed by atoms with E-state index >= 15 is 0 Å². The molecule has 1 aliphatic heterocycles. The third-order valence-corrected chi connectivity index (χ3v) is 3.05. The van der Waals surface area contributed by atoms with Crippen LogP contribution in [0.2, 0.25) is 0 Å². The van der Waals surface area contributed by atoms with Crippen LogP contribution < -0.4 is 11.0 Å². The van der Waals surface area contributed by atoms with Crippen molar-refractivity contribution in [3.05, 3.63) is 34.2 Å². The van der Waals surface area contributed by atoms with Crippen molar-refractivity contribution >= 4 is 11.0 Å². The molecule has 1 aromatic carbocycles. The Labute approximate surface area is 98.2 Å². The van der Waals surface area contributed by atoms with Gasteiger partial charge in [-0.25, -0.2) is 4.79 Å². The van der Waals surface area contributed by atoms with Gasteiger partial charge in [-0.1, -0.05) is 6.07 Å². The largest absolute Gasteiger partial charge is 0.375 e. The molecule has 90 valence electrons. The number of fused-ring (bicyclic) bond motifs is 1. The van der Waals surface area contributed by atoms with Gasteiger partial charge in [-0.3, -0.25) is 0 Å². The first kappa shape index (κ1) is 10.6. The molecule has 1 saturated heterocycles. The van der Waals surface area contributed by atoms with Crippen molar-refractivity contribution in [1.82, 2.24) is 15.3 Å². The standard InChI is InChI=1S/C12H15N3O2/c16-12-14-10-2-1-8(6-11(10)15-12)5-9-7-13-3-4-17-9/h1-2,6,9,13H,3-5,7H2,(H2,14,15,16). The minimum absolute atomic E-state index is 0.160. The van der Waals surface area contributed by atoms with Gasteiger partial charge in [-0.2, -0.15) is 0 Å². The van der Waals surface area contributed by atoms with Crippen LogP contribution in [-0.4, -0.2) is 35.8 Å². The quantitative estimate of drug-likeness (QED) is 0.702. The van der Waals surface area contributed by atoms with Crippen molar-refractivity contribution < 1.29 is 4.74 Å². The first-order valence-corrected chi connectivity index (χ1v) is 5.84. The van der Waals surface area contributed by atoms with Crippen LogP contribution >= 0.6 is 0 Å². The van der Waals surface area contributed by atoms with Crippen LogP contribution in [0.25, 0.3) is 11.0 Å². The van der Waals surface area contributed by atoms with Gasteiger partial charge in [0.15, 0.2) is 0 Å². The molecule has 2 aromatic rings. The van der Waals surface area contributed by atoms with Gasteiger partial charge in [0.05, 0.1) is 23.7 Å². The third-order valence-electron chi connectivity index (χ3n) is 3.05. The van der Waals surface area contributed by atoms with Crippen LogP contribution in [0, 0.1) is 0 Å². The Morgan fingerprint density at radius 1 is 1.29 bits per heavy atom. The van der Waals surface area contributed by atoms with E-state index in [-0.39, 0.29) is 11.8 Å². The lowest BCUT2D eigenvalue weighted by atomic mass is 10.1. The highest BCUT2D eigenvalue weighted by Gasteiger charge is 2.14. The molecule has 1 aromatic heterocycles. The average Bonchev–Trinajstić information content (AvgIpc) is 2.70. The maximum Gasteiger partial charge on any atom is 0.323 e. The van der Waals surface area contributed by atoms with Crippen molar-refractivity contribution in [2.75, 3.05) is 19.7 Å². The molecule has 3 rings (SSSR count). The van der Waals surface area contributed by atoms with Crippen molar-refractivity contribution in [2.45, 2.75) is 12.5 Å². The summed E-state index contributed by atoms with van der Waals surface area (Å²) in [5, 5.41) is 3.31. The Bertz CT molecular complexity index is 566. The molecule has 3 N–H and O–H groups in total. The fourth-order valence-corrected chi connectivity index (χ4v) is 2.22. The summed E-state index contributed by atoms with van der Waals surface area (Å²) in [6.45, 7) is 2.59. The molecule has 5 heteroatoms. The second-order valence-electron chi connectivity index (χ2n) is 4.36. The molecule has 1 fully saturated rings. The van der Waals surface area contributed by atoms with Crippen LogP contribution in [0.3, 0.4) is 0 Å². The number of imidazole rings is 1. The molecule has 5 nitrogen and oxygen atoms in total. The lowest BCUT2D eigenvalue weighted by Gasteiger charge is -2.23. The van der Waals surface area contributed by atoms with Crippen LogP contribution in [0.1, 0.15) is 5.56 Å². The maximum absolute atomic E-state index is 11.1. The molecule has 0 aliphatic carbocycles. The van der Waals surface area contributed by atoms with Crippen LogP contribution in [0.15, 0.2) is 23.0 Å². The molecule has 1 atom stereocenters. The summed E-state index contributed by atoms with van der Waals surface area (Å²) in [6, 6.07) is 5.97. The summed E-state index contributed by atoms with van der Waals surface area (Å²) in [4.78, 5) is 16.6. The first-order chi connectivity index (χ1) is 8.31. The van der Waals surface area contributed by atoms with Gasteiger partial charge in [0.2, 0.25) is 0 Å². The topological polar surface area (TPSA) is 69.9 Å². The summed E-state index contributed by atoms with van der Waals surface area (Å²) in [6.07, 6.45) is 1.10. The summed E-state index contributed by atoms with van der Waals surface area (Å²) < 4.78 is 5.66.